The lowest BCUT2D eigenvalue weighted by atomic mass is 10.2. The van der Waals surface area contributed by atoms with Crippen LogP contribution in [0.25, 0.3) is 10.4 Å². The van der Waals surface area contributed by atoms with Gasteiger partial charge in [-0.3, -0.25) is 4.79 Å². The first-order valence-electron chi connectivity index (χ1n) is 4.04. The number of hydrogen-bond donors (Lipinski definition) is 0. The van der Waals surface area contributed by atoms with Crippen molar-refractivity contribution >= 4 is 5.91 Å². The van der Waals surface area contributed by atoms with Crippen LogP contribution in [0.2, 0.25) is 0 Å². The summed E-state index contributed by atoms with van der Waals surface area (Å²) in [4.78, 5) is 13.6. The zero-order valence-corrected chi connectivity index (χ0v) is 8.30. The SMILES string of the molecule is COc1ccc(C(=O)N=[N+]=[N-])cc1OC. The molecular weight excluding hydrogens is 198 g/mol. The summed E-state index contributed by atoms with van der Waals surface area (Å²) in [7, 11) is 2.95. The molecule has 1 amide bonds. The van der Waals surface area contributed by atoms with Crippen molar-refractivity contribution in [3.05, 3.63) is 34.2 Å². The Balaban J connectivity index is 3.13. The second-order valence-corrected chi connectivity index (χ2v) is 2.56. The third-order valence-corrected chi connectivity index (χ3v) is 1.77. The van der Waals surface area contributed by atoms with Crippen LogP contribution >= 0.6 is 0 Å². The highest BCUT2D eigenvalue weighted by Crippen LogP contribution is 2.27. The normalized spacial score (nSPS) is 8.93. The first kappa shape index (κ1) is 10.9. The van der Waals surface area contributed by atoms with Crippen LogP contribution in [0.3, 0.4) is 0 Å². The van der Waals surface area contributed by atoms with Crippen LogP contribution in [-0.2, 0) is 0 Å². The summed E-state index contributed by atoms with van der Waals surface area (Å²) < 4.78 is 9.98. The van der Waals surface area contributed by atoms with Gasteiger partial charge in [0.1, 0.15) is 0 Å². The Morgan fingerprint density at radius 2 is 2.00 bits per heavy atom. The molecule has 1 rings (SSSR count). The molecular formula is C9H9N3O3. The van der Waals surface area contributed by atoms with Crippen LogP contribution in [0.1, 0.15) is 10.4 Å². The molecule has 0 N–H and O–H groups in total. The van der Waals surface area contributed by atoms with E-state index in [-0.39, 0.29) is 5.56 Å². The molecule has 0 aromatic heterocycles. The minimum Gasteiger partial charge on any atom is -0.493 e. The summed E-state index contributed by atoms with van der Waals surface area (Å²) in [6.45, 7) is 0. The Labute approximate surface area is 86.0 Å². The minimum atomic E-state index is -0.654. The third kappa shape index (κ3) is 2.38. The van der Waals surface area contributed by atoms with E-state index in [4.69, 9.17) is 15.0 Å². The topological polar surface area (TPSA) is 84.3 Å². The van der Waals surface area contributed by atoms with Crippen molar-refractivity contribution in [1.82, 2.24) is 0 Å². The molecule has 0 heterocycles. The Hall–Kier alpha value is -2.20. The standard InChI is InChI=1S/C9H9N3O3/c1-14-7-4-3-6(5-8(7)15-2)9(13)11-12-10/h3-5H,1-2H3. The van der Waals surface area contributed by atoms with Crippen LogP contribution < -0.4 is 9.47 Å². The molecule has 0 saturated carbocycles. The molecule has 0 unspecified atom stereocenters. The summed E-state index contributed by atoms with van der Waals surface area (Å²) in [5.74, 6) is 0.268. The van der Waals surface area contributed by atoms with Crippen LogP contribution in [0.4, 0.5) is 0 Å². The number of methoxy groups -OCH3 is 2. The highest BCUT2D eigenvalue weighted by Gasteiger charge is 2.08. The van der Waals surface area contributed by atoms with E-state index < -0.39 is 5.91 Å². The average molecular weight is 207 g/mol. The fraction of sp³-hybridized carbons (Fsp3) is 0.222. The van der Waals surface area contributed by atoms with Gasteiger partial charge in [0, 0.05) is 10.5 Å². The van der Waals surface area contributed by atoms with E-state index in [1.165, 1.54) is 26.4 Å². The van der Waals surface area contributed by atoms with Gasteiger partial charge in [-0.1, -0.05) is 0 Å². The number of amides is 1. The smallest absolute Gasteiger partial charge is 0.249 e. The van der Waals surface area contributed by atoms with Gasteiger partial charge < -0.3 is 9.47 Å². The molecule has 0 spiro atoms. The Bertz CT molecular complexity index is 425. The number of azide groups is 1. The molecule has 6 nitrogen and oxygen atoms in total. The van der Waals surface area contributed by atoms with Gasteiger partial charge in [0.15, 0.2) is 11.5 Å². The second kappa shape index (κ2) is 4.88. The maximum Gasteiger partial charge on any atom is 0.249 e. The van der Waals surface area contributed by atoms with E-state index in [0.29, 0.717) is 11.5 Å². The zero-order valence-electron chi connectivity index (χ0n) is 8.30. The second-order valence-electron chi connectivity index (χ2n) is 2.56. The molecule has 1 aromatic rings. The van der Waals surface area contributed by atoms with Crippen molar-refractivity contribution in [2.75, 3.05) is 14.2 Å². The number of ether oxygens (including phenoxy) is 2. The highest BCUT2D eigenvalue weighted by atomic mass is 16.5. The van der Waals surface area contributed by atoms with Gasteiger partial charge >= 0.3 is 0 Å². The van der Waals surface area contributed by atoms with Gasteiger partial charge in [0.25, 0.3) is 0 Å². The summed E-state index contributed by atoms with van der Waals surface area (Å²) in [5.41, 5.74) is 8.36. The van der Waals surface area contributed by atoms with Gasteiger partial charge in [0.05, 0.1) is 14.2 Å². The van der Waals surface area contributed by atoms with Crippen molar-refractivity contribution < 1.29 is 14.3 Å². The fourth-order valence-electron chi connectivity index (χ4n) is 1.07. The first-order valence-corrected chi connectivity index (χ1v) is 4.04. The fourth-order valence-corrected chi connectivity index (χ4v) is 1.07. The molecule has 0 fully saturated rings. The summed E-state index contributed by atoms with van der Waals surface area (Å²) in [6, 6.07) is 4.52. The molecule has 0 aliphatic carbocycles. The summed E-state index contributed by atoms with van der Waals surface area (Å²) >= 11 is 0. The summed E-state index contributed by atoms with van der Waals surface area (Å²) in [6.07, 6.45) is 0. The zero-order chi connectivity index (χ0) is 11.3. The molecule has 6 heteroatoms. The van der Waals surface area contributed by atoms with Gasteiger partial charge in [-0.15, -0.1) is 0 Å². The van der Waals surface area contributed by atoms with Crippen molar-refractivity contribution in [3.8, 4) is 11.5 Å². The highest BCUT2D eigenvalue weighted by molar-refractivity contribution is 5.95. The van der Waals surface area contributed by atoms with Gasteiger partial charge in [-0.05, 0) is 28.8 Å². The van der Waals surface area contributed by atoms with Crippen LogP contribution in [0.5, 0.6) is 11.5 Å². The Morgan fingerprint density at radius 1 is 1.33 bits per heavy atom. The van der Waals surface area contributed by atoms with Crippen LogP contribution in [0, 0.1) is 0 Å². The first-order chi connectivity index (χ1) is 7.22. The number of benzene rings is 1. The van der Waals surface area contributed by atoms with E-state index in [1.54, 1.807) is 6.07 Å². The molecule has 0 aliphatic rings. The largest absolute Gasteiger partial charge is 0.493 e. The lowest BCUT2D eigenvalue weighted by Crippen LogP contribution is -1.96. The van der Waals surface area contributed by atoms with E-state index in [0.717, 1.165) is 0 Å². The molecule has 0 aliphatic heterocycles. The monoisotopic (exact) mass is 207 g/mol. The lowest BCUT2D eigenvalue weighted by molar-refractivity contribution is 0.1000. The van der Waals surface area contributed by atoms with Gasteiger partial charge in [-0.25, -0.2) is 0 Å². The van der Waals surface area contributed by atoms with Gasteiger partial charge in [0.2, 0.25) is 5.91 Å². The Kier molecular flexibility index (Phi) is 3.54. The van der Waals surface area contributed by atoms with E-state index in [1.807, 2.05) is 0 Å². The molecule has 15 heavy (non-hydrogen) atoms. The predicted molar refractivity (Wildman–Crippen MR) is 53.0 cm³/mol. The van der Waals surface area contributed by atoms with Crippen LogP contribution in [0.15, 0.2) is 23.3 Å². The average Bonchev–Trinajstić information content (AvgIpc) is 2.28. The molecule has 0 bridgehead atoms. The Morgan fingerprint density at radius 3 is 2.53 bits per heavy atom. The molecule has 78 valence electrons. The number of carbonyl (C=O) groups excluding carboxylic acids is 1. The predicted octanol–water partition coefficient (Wildman–Crippen LogP) is 2.15. The number of hydrogen-bond acceptors (Lipinski definition) is 3. The van der Waals surface area contributed by atoms with Crippen molar-refractivity contribution in [1.29, 1.82) is 0 Å². The van der Waals surface area contributed by atoms with Crippen molar-refractivity contribution in [2.45, 2.75) is 0 Å². The van der Waals surface area contributed by atoms with Crippen molar-refractivity contribution in [2.24, 2.45) is 5.11 Å². The van der Waals surface area contributed by atoms with Crippen molar-refractivity contribution in [3.63, 3.8) is 0 Å². The minimum absolute atomic E-state index is 0.255. The number of nitrogens with zero attached hydrogens (tertiary/aromatic N) is 3. The molecule has 0 saturated heterocycles. The molecule has 0 atom stereocenters. The number of carbonyl (C=O) groups is 1. The molecule has 1 aromatic carbocycles. The third-order valence-electron chi connectivity index (χ3n) is 1.77. The summed E-state index contributed by atoms with van der Waals surface area (Å²) in [5, 5.41) is 2.97. The van der Waals surface area contributed by atoms with E-state index >= 15 is 0 Å². The lowest BCUT2D eigenvalue weighted by Gasteiger charge is -2.07. The van der Waals surface area contributed by atoms with E-state index in [2.05, 4.69) is 10.0 Å². The van der Waals surface area contributed by atoms with E-state index in [9.17, 15) is 4.79 Å². The number of rotatable bonds is 3. The maximum atomic E-state index is 11.2. The molecule has 0 radical (unpaired) electrons. The maximum absolute atomic E-state index is 11.2. The van der Waals surface area contributed by atoms with Gasteiger partial charge in [-0.2, -0.15) is 0 Å². The van der Waals surface area contributed by atoms with Crippen LogP contribution in [-0.4, -0.2) is 20.1 Å². The quantitative estimate of drug-likeness (QED) is 0.432.